The van der Waals surface area contributed by atoms with E-state index in [0.717, 1.165) is 32.4 Å². The van der Waals surface area contributed by atoms with Crippen molar-refractivity contribution in [2.45, 2.75) is 32.1 Å². The van der Waals surface area contributed by atoms with Crippen LogP contribution in [0.15, 0.2) is 30.3 Å². The molecule has 0 aliphatic carbocycles. The zero-order chi connectivity index (χ0) is 16.5. The summed E-state index contributed by atoms with van der Waals surface area (Å²) in [5.74, 6) is 0.346. The van der Waals surface area contributed by atoms with Gasteiger partial charge < -0.3 is 15.5 Å². The predicted molar refractivity (Wildman–Crippen MR) is 98.1 cm³/mol. The van der Waals surface area contributed by atoms with E-state index in [2.05, 4.69) is 0 Å². The van der Waals surface area contributed by atoms with Crippen LogP contribution in [0, 0.1) is 0 Å². The van der Waals surface area contributed by atoms with Gasteiger partial charge >= 0.3 is 0 Å². The molecule has 0 saturated carbocycles. The first-order valence-electron chi connectivity index (χ1n) is 8.50. The quantitative estimate of drug-likeness (QED) is 0.848. The molecule has 1 saturated heterocycles. The van der Waals surface area contributed by atoms with Crippen molar-refractivity contribution < 1.29 is 9.59 Å². The number of nitrogens with two attached hydrogens (primary N) is 1. The van der Waals surface area contributed by atoms with Crippen LogP contribution in [-0.2, 0) is 16.0 Å². The Bertz CT molecular complexity index is 510. The maximum atomic E-state index is 12.4. The van der Waals surface area contributed by atoms with Crippen molar-refractivity contribution >= 4 is 24.2 Å². The molecule has 1 aliphatic heterocycles. The number of hydrogen-bond donors (Lipinski definition) is 1. The van der Waals surface area contributed by atoms with Crippen molar-refractivity contribution in [2.24, 2.45) is 5.73 Å². The highest BCUT2D eigenvalue weighted by molar-refractivity contribution is 5.85. The monoisotopic (exact) mass is 353 g/mol. The Kier molecular flexibility index (Phi) is 9.42. The second-order valence-corrected chi connectivity index (χ2v) is 5.99. The third kappa shape index (κ3) is 6.49. The van der Waals surface area contributed by atoms with Gasteiger partial charge in [-0.3, -0.25) is 9.59 Å². The molecule has 0 spiro atoms. The van der Waals surface area contributed by atoms with E-state index in [-0.39, 0.29) is 24.2 Å². The van der Waals surface area contributed by atoms with Crippen molar-refractivity contribution in [3.8, 4) is 0 Å². The van der Waals surface area contributed by atoms with E-state index in [4.69, 9.17) is 5.73 Å². The summed E-state index contributed by atoms with van der Waals surface area (Å²) in [4.78, 5) is 28.2. The van der Waals surface area contributed by atoms with Crippen molar-refractivity contribution in [3.05, 3.63) is 35.9 Å². The van der Waals surface area contributed by atoms with E-state index in [1.807, 2.05) is 40.1 Å². The maximum Gasteiger partial charge on any atom is 0.222 e. The van der Waals surface area contributed by atoms with Crippen LogP contribution in [0.5, 0.6) is 0 Å². The summed E-state index contributed by atoms with van der Waals surface area (Å²) in [6.07, 6.45) is 3.40. The van der Waals surface area contributed by atoms with Crippen molar-refractivity contribution in [1.29, 1.82) is 0 Å². The summed E-state index contributed by atoms with van der Waals surface area (Å²) < 4.78 is 0. The van der Waals surface area contributed by atoms with Gasteiger partial charge in [0.2, 0.25) is 11.8 Å². The fourth-order valence-electron chi connectivity index (χ4n) is 2.88. The first-order valence-corrected chi connectivity index (χ1v) is 8.50. The molecule has 0 unspecified atom stereocenters. The number of carbonyl (C=O) groups is 2. The number of benzene rings is 1. The molecule has 134 valence electrons. The van der Waals surface area contributed by atoms with Crippen LogP contribution in [-0.4, -0.2) is 54.3 Å². The summed E-state index contributed by atoms with van der Waals surface area (Å²) in [6, 6.07) is 10.1. The fourth-order valence-corrected chi connectivity index (χ4v) is 2.88. The summed E-state index contributed by atoms with van der Waals surface area (Å²) >= 11 is 0. The molecule has 0 bridgehead atoms. The third-order valence-electron chi connectivity index (χ3n) is 4.27. The molecule has 1 aliphatic rings. The summed E-state index contributed by atoms with van der Waals surface area (Å²) in [5.41, 5.74) is 6.65. The molecule has 5 nitrogen and oxygen atoms in total. The van der Waals surface area contributed by atoms with E-state index >= 15 is 0 Å². The molecule has 0 aromatic heterocycles. The second kappa shape index (κ2) is 11.0. The van der Waals surface area contributed by atoms with E-state index in [9.17, 15) is 9.59 Å². The minimum absolute atomic E-state index is 0. The van der Waals surface area contributed by atoms with E-state index < -0.39 is 0 Å². The highest BCUT2D eigenvalue weighted by atomic mass is 35.5. The second-order valence-electron chi connectivity index (χ2n) is 5.99. The van der Waals surface area contributed by atoms with Gasteiger partial charge in [-0.05, 0) is 31.4 Å². The average Bonchev–Trinajstić information content (AvgIpc) is 2.84. The summed E-state index contributed by atoms with van der Waals surface area (Å²) in [6.45, 7) is 3.31. The van der Waals surface area contributed by atoms with Crippen molar-refractivity contribution in [1.82, 2.24) is 9.80 Å². The van der Waals surface area contributed by atoms with Crippen LogP contribution in [0.25, 0.3) is 0 Å². The Hall–Kier alpha value is -1.59. The lowest BCUT2D eigenvalue weighted by Crippen LogP contribution is -2.37. The number of halogens is 1. The molecular formula is C18H28ClN3O2. The predicted octanol–water partition coefficient (Wildman–Crippen LogP) is 1.84. The molecule has 2 rings (SSSR count). The molecule has 1 aromatic carbocycles. The molecule has 24 heavy (non-hydrogen) atoms. The fraction of sp³-hybridized carbons (Fsp3) is 0.556. The van der Waals surface area contributed by atoms with Gasteiger partial charge in [0, 0.05) is 39.0 Å². The Morgan fingerprint density at radius 2 is 1.50 bits per heavy atom. The molecule has 0 radical (unpaired) electrons. The van der Waals surface area contributed by atoms with Gasteiger partial charge in [-0.1, -0.05) is 30.3 Å². The SMILES string of the molecule is Cl.NCCCC(=O)N1CCCN(C(=O)CCc2ccccc2)CC1. The minimum Gasteiger partial charge on any atom is -0.341 e. The number of hydrogen-bond acceptors (Lipinski definition) is 3. The van der Waals surface area contributed by atoms with Gasteiger partial charge in [-0.2, -0.15) is 0 Å². The molecule has 1 heterocycles. The smallest absolute Gasteiger partial charge is 0.222 e. The molecular weight excluding hydrogens is 326 g/mol. The van der Waals surface area contributed by atoms with E-state index in [1.54, 1.807) is 0 Å². The van der Waals surface area contributed by atoms with Crippen LogP contribution in [0.3, 0.4) is 0 Å². The number of amides is 2. The molecule has 1 aromatic rings. The molecule has 1 fully saturated rings. The van der Waals surface area contributed by atoms with Gasteiger partial charge in [-0.25, -0.2) is 0 Å². The van der Waals surface area contributed by atoms with Gasteiger partial charge in [0.05, 0.1) is 0 Å². The highest BCUT2D eigenvalue weighted by Crippen LogP contribution is 2.09. The normalized spacial score (nSPS) is 14.7. The van der Waals surface area contributed by atoms with Gasteiger partial charge in [0.1, 0.15) is 0 Å². The van der Waals surface area contributed by atoms with Crippen LogP contribution >= 0.6 is 12.4 Å². The Balaban J connectivity index is 0.00000288. The number of rotatable bonds is 6. The summed E-state index contributed by atoms with van der Waals surface area (Å²) in [7, 11) is 0. The molecule has 6 heteroatoms. The van der Waals surface area contributed by atoms with Crippen molar-refractivity contribution in [3.63, 3.8) is 0 Å². The molecule has 2 amide bonds. The molecule has 0 atom stereocenters. The third-order valence-corrected chi connectivity index (χ3v) is 4.27. The lowest BCUT2D eigenvalue weighted by atomic mass is 10.1. The standard InChI is InChI=1S/C18H27N3O2.ClH/c19-11-4-8-17(22)20-12-5-13-21(15-14-20)18(23)10-9-16-6-2-1-3-7-16;/h1-3,6-7H,4-5,8-15,19H2;1H. The Morgan fingerprint density at radius 3 is 2.08 bits per heavy atom. The van der Waals surface area contributed by atoms with E-state index in [1.165, 1.54) is 5.56 Å². The topological polar surface area (TPSA) is 66.6 Å². The van der Waals surface area contributed by atoms with E-state index in [0.29, 0.717) is 32.5 Å². The zero-order valence-corrected chi connectivity index (χ0v) is 15.0. The van der Waals surface area contributed by atoms with Crippen LogP contribution < -0.4 is 5.73 Å². The number of nitrogens with zero attached hydrogens (tertiary/aromatic N) is 2. The van der Waals surface area contributed by atoms with Gasteiger partial charge in [-0.15, -0.1) is 12.4 Å². The first kappa shape index (κ1) is 20.5. The summed E-state index contributed by atoms with van der Waals surface area (Å²) in [5, 5.41) is 0. The van der Waals surface area contributed by atoms with Crippen molar-refractivity contribution in [2.75, 3.05) is 32.7 Å². The van der Waals surface area contributed by atoms with Crippen LogP contribution in [0.2, 0.25) is 0 Å². The average molecular weight is 354 g/mol. The number of aryl methyl sites for hydroxylation is 1. The maximum absolute atomic E-state index is 12.4. The first-order chi connectivity index (χ1) is 11.2. The lowest BCUT2D eigenvalue weighted by Gasteiger charge is -2.22. The Morgan fingerprint density at radius 1 is 0.917 bits per heavy atom. The van der Waals surface area contributed by atoms with Gasteiger partial charge in [0.15, 0.2) is 0 Å². The zero-order valence-electron chi connectivity index (χ0n) is 14.2. The highest BCUT2D eigenvalue weighted by Gasteiger charge is 2.21. The van der Waals surface area contributed by atoms with Crippen LogP contribution in [0.1, 0.15) is 31.2 Å². The Labute approximate surface area is 150 Å². The minimum atomic E-state index is 0. The lowest BCUT2D eigenvalue weighted by molar-refractivity contribution is -0.133. The van der Waals surface area contributed by atoms with Crippen LogP contribution in [0.4, 0.5) is 0 Å². The number of carbonyl (C=O) groups excluding carboxylic acids is 2. The largest absolute Gasteiger partial charge is 0.341 e. The van der Waals surface area contributed by atoms with Gasteiger partial charge in [0.25, 0.3) is 0 Å². The molecule has 2 N–H and O–H groups in total.